The summed E-state index contributed by atoms with van der Waals surface area (Å²) in [6, 6.07) is 7.63. The molecule has 1 saturated carbocycles. The van der Waals surface area contributed by atoms with Crippen molar-refractivity contribution in [3.8, 4) is 0 Å². The molecule has 3 N–H and O–H groups in total. The lowest BCUT2D eigenvalue weighted by molar-refractivity contribution is -0.120. The molecule has 1 atom stereocenters. The van der Waals surface area contributed by atoms with Gasteiger partial charge in [-0.1, -0.05) is 0 Å². The molecule has 8 heteroatoms. The smallest absolute Gasteiger partial charge is 0.227 e. The van der Waals surface area contributed by atoms with Crippen LogP contribution in [0.3, 0.4) is 0 Å². The molecule has 156 valence electrons. The lowest BCUT2D eigenvalue weighted by Gasteiger charge is -2.28. The lowest BCUT2D eigenvalue weighted by atomic mass is 9.86. The quantitative estimate of drug-likeness (QED) is 0.668. The average Bonchev–Trinajstić information content (AvgIpc) is 3.09. The number of β-amino-alcohol motifs (C(OH)–C–C–N with tert-alkyl or cyclic N) is 1. The second kappa shape index (κ2) is 8.80. The third-order valence-corrected chi connectivity index (χ3v) is 7.62. The van der Waals surface area contributed by atoms with Gasteiger partial charge in [-0.25, -0.2) is 13.1 Å². The van der Waals surface area contributed by atoms with Gasteiger partial charge in [0.1, 0.15) is 0 Å². The third kappa shape index (κ3) is 5.24. The van der Waals surface area contributed by atoms with E-state index < -0.39 is 15.3 Å². The largest absolute Gasteiger partial charge is 0.391 e. The van der Waals surface area contributed by atoms with Crippen LogP contribution in [0.1, 0.15) is 46.0 Å². The number of nitrogens with zero attached hydrogens (tertiary/aromatic N) is 1. The number of carbonyl (C=O) groups is 1. The molecule has 2 fully saturated rings. The summed E-state index contributed by atoms with van der Waals surface area (Å²) in [4.78, 5) is 14.7. The summed E-state index contributed by atoms with van der Waals surface area (Å²) >= 11 is 0. The minimum atomic E-state index is -3.27. The molecule has 2 aliphatic rings. The Morgan fingerprint density at radius 1 is 1.11 bits per heavy atom. The molecule has 1 heterocycles. The molecule has 1 aliphatic carbocycles. The maximum absolute atomic E-state index is 12.6. The zero-order chi connectivity index (χ0) is 20.3. The third-order valence-electron chi connectivity index (χ3n) is 5.71. The van der Waals surface area contributed by atoms with Gasteiger partial charge in [0.2, 0.25) is 15.9 Å². The van der Waals surface area contributed by atoms with E-state index in [4.69, 9.17) is 0 Å². The molecule has 28 heavy (non-hydrogen) atoms. The normalized spacial score (nSPS) is 25.9. The van der Waals surface area contributed by atoms with Crippen molar-refractivity contribution in [3.05, 3.63) is 24.3 Å². The Balaban J connectivity index is 1.48. The molecule has 1 aromatic carbocycles. The summed E-state index contributed by atoms with van der Waals surface area (Å²) in [6.07, 6.45) is 3.25. The van der Waals surface area contributed by atoms with Crippen LogP contribution in [0.2, 0.25) is 0 Å². The van der Waals surface area contributed by atoms with Crippen LogP contribution in [0.15, 0.2) is 24.3 Å². The summed E-state index contributed by atoms with van der Waals surface area (Å²) < 4.78 is 26.7. The van der Waals surface area contributed by atoms with E-state index >= 15 is 0 Å². The fraction of sp³-hybridized carbons (Fsp3) is 0.650. The summed E-state index contributed by atoms with van der Waals surface area (Å²) in [5, 5.41) is 12.2. The van der Waals surface area contributed by atoms with Gasteiger partial charge in [0.15, 0.2) is 0 Å². The van der Waals surface area contributed by atoms with Gasteiger partial charge < -0.3 is 15.3 Å². The minimum Gasteiger partial charge on any atom is -0.391 e. The number of carbonyl (C=O) groups excluding carboxylic acids is 1. The Labute approximate surface area is 167 Å². The number of benzene rings is 1. The topological polar surface area (TPSA) is 98.7 Å². The van der Waals surface area contributed by atoms with Gasteiger partial charge in [0, 0.05) is 36.4 Å². The van der Waals surface area contributed by atoms with Crippen molar-refractivity contribution in [3.63, 3.8) is 0 Å². The highest BCUT2D eigenvalue weighted by Crippen LogP contribution is 2.27. The van der Waals surface area contributed by atoms with Gasteiger partial charge in [-0.3, -0.25) is 4.79 Å². The fourth-order valence-corrected chi connectivity index (χ4v) is 4.79. The summed E-state index contributed by atoms with van der Waals surface area (Å²) in [5.41, 5.74) is 1.81. The van der Waals surface area contributed by atoms with Crippen LogP contribution in [-0.2, 0) is 14.8 Å². The number of amides is 1. The first-order valence-corrected chi connectivity index (χ1v) is 11.6. The van der Waals surface area contributed by atoms with Crippen LogP contribution in [-0.4, -0.2) is 49.9 Å². The standard InChI is InChI=1S/C20H31N3O4S/c1-14(2)28(26,27)22-17-5-3-15(4-6-17)20(25)21-16-7-9-18(10-8-16)23-12-11-19(24)13-23/h7-10,14-15,17,19,22,24H,3-6,11-13H2,1-2H3,(H,21,25). The molecule has 1 aliphatic heterocycles. The Morgan fingerprint density at radius 3 is 2.29 bits per heavy atom. The van der Waals surface area contributed by atoms with Crippen molar-refractivity contribution in [2.75, 3.05) is 23.3 Å². The Morgan fingerprint density at radius 2 is 1.75 bits per heavy atom. The van der Waals surface area contributed by atoms with Gasteiger partial charge in [-0.05, 0) is 70.2 Å². The number of hydrogen-bond donors (Lipinski definition) is 3. The molecule has 1 aromatic rings. The summed E-state index contributed by atoms with van der Waals surface area (Å²) in [5.74, 6) is -0.0947. The number of rotatable bonds is 6. The number of aliphatic hydroxyl groups excluding tert-OH is 1. The molecule has 7 nitrogen and oxygen atoms in total. The van der Waals surface area contributed by atoms with E-state index in [1.807, 2.05) is 24.3 Å². The minimum absolute atomic E-state index is 0.00508. The highest BCUT2D eigenvalue weighted by Gasteiger charge is 2.29. The summed E-state index contributed by atoms with van der Waals surface area (Å²) in [6.45, 7) is 4.82. The highest BCUT2D eigenvalue weighted by molar-refractivity contribution is 7.90. The number of aliphatic hydroxyl groups is 1. The van der Waals surface area contributed by atoms with Gasteiger partial charge in [0.05, 0.1) is 11.4 Å². The van der Waals surface area contributed by atoms with Crippen LogP contribution in [0.4, 0.5) is 11.4 Å². The fourth-order valence-electron chi connectivity index (χ4n) is 3.82. The number of hydrogen-bond acceptors (Lipinski definition) is 5. The molecule has 0 radical (unpaired) electrons. The van der Waals surface area contributed by atoms with E-state index in [0.29, 0.717) is 32.2 Å². The number of anilines is 2. The zero-order valence-electron chi connectivity index (χ0n) is 16.6. The van der Waals surface area contributed by atoms with E-state index in [1.54, 1.807) is 13.8 Å². The van der Waals surface area contributed by atoms with E-state index in [9.17, 15) is 18.3 Å². The maximum Gasteiger partial charge on any atom is 0.227 e. The second-order valence-electron chi connectivity index (χ2n) is 8.18. The number of sulfonamides is 1. The molecule has 1 saturated heterocycles. The van der Waals surface area contributed by atoms with Crippen molar-refractivity contribution >= 4 is 27.3 Å². The second-order valence-corrected chi connectivity index (χ2v) is 10.5. The average molecular weight is 410 g/mol. The van der Waals surface area contributed by atoms with Crippen molar-refractivity contribution < 1.29 is 18.3 Å². The van der Waals surface area contributed by atoms with Crippen LogP contribution >= 0.6 is 0 Å². The maximum atomic E-state index is 12.6. The SMILES string of the molecule is CC(C)S(=O)(=O)NC1CCC(C(=O)Nc2ccc(N3CCC(O)C3)cc2)CC1. The molecule has 1 amide bonds. The lowest BCUT2D eigenvalue weighted by Crippen LogP contribution is -2.42. The molecular formula is C20H31N3O4S. The molecular weight excluding hydrogens is 378 g/mol. The van der Waals surface area contributed by atoms with Gasteiger partial charge in [-0.2, -0.15) is 0 Å². The van der Waals surface area contributed by atoms with E-state index in [2.05, 4.69) is 14.9 Å². The van der Waals surface area contributed by atoms with Gasteiger partial charge in [0.25, 0.3) is 0 Å². The Bertz CT molecular complexity index is 771. The molecule has 3 rings (SSSR count). The van der Waals surface area contributed by atoms with E-state index in [-0.39, 0.29) is 24.0 Å². The van der Waals surface area contributed by atoms with Crippen molar-refractivity contribution in [1.29, 1.82) is 0 Å². The van der Waals surface area contributed by atoms with E-state index in [0.717, 1.165) is 24.3 Å². The van der Waals surface area contributed by atoms with Crippen molar-refractivity contribution in [1.82, 2.24) is 4.72 Å². The zero-order valence-corrected chi connectivity index (χ0v) is 17.4. The van der Waals surface area contributed by atoms with Crippen molar-refractivity contribution in [2.45, 2.75) is 63.3 Å². The first-order chi connectivity index (χ1) is 13.2. The Hall–Kier alpha value is -1.64. The number of nitrogens with one attached hydrogen (secondary N) is 2. The van der Waals surface area contributed by atoms with Crippen molar-refractivity contribution in [2.24, 2.45) is 5.92 Å². The predicted octanol–water partition coefficient (Wildman–Crippen LogP) is 2.08. The summed E-state index contributed by atoms with van der Waals surface area (Å²) in [7, 11) is -3.27. The molecule has 0 aromatic heterocycles. The first kappa shape index (κ1) is 21.1. The predicted molar refractivity (Wildman–Crippen MR) is 111 cm³/mol. The molecule has 1 unspecified atom stereocenters. The Kier molecular flexibility index (Phi) is 6.62. The van der Waals surface area contributed by atoms with Crippen LogP contribution in [0.25, 0.3) is 0 Å². The van der Waals surface area contributed by atoms with Crippen LogP contribution in [0, 0.1) is 5.92 Å². The molecule has 0 spiro atoms. The first-order valence-electron chi connectivity index (χ1n) is 10.1. The molecule has 0 bridgehead atoms. The monoisotopic (exact) mass is 409 g/mol. The highest BCUT2D eigenvalue weighted by atomic mass is 32.2. The van der Waals surface area contributed by atoms with E-state index in [1.165, 1.54) is 0 Å². The van der Waals surface area contributed by atoms with Gasteiger partial charge >= 0.3 is 0 Å². The van der Waals surface area contributed by atoms with Gasteiger partial charge in [-0.15, -0.1) is 0 Å². The van der Waals surface area contributed by atoms with Crippen LogP contribution in [0.5, 0.6) is 0 Å². The van der Waals surface area contributed by atoms with Crippen LogP contribution < -0.4 is 14.9 Å².